The fourth-order valence-electron chi connectivity index (χ4n) is 2.73. The Morgan fingerprint density at radius 2 is 2.00 bits per heavy atom. The van der Waals surface area contributed by atoms with Crippen molar-refractivity contribution in [2.45, 2.75) is 32.9 Å². The van der Waals surface area contributed by atoms with Gasteiger partial charge in [-0.3, -0.25) is 0 Å². The molecule has 1 N–H and O–H groups in total. The summed E-state index contributed by atoms with van der Waals surface area (Å²) in [4.78, 5) is 1.91. The number of rotatable bonds is 6. The van der Waals surface area contributed by atoms with Gasteiger partial charge in [0.05, 0.1) is 11.5 Å². The van der Waals surface area contributed by atoms with Gasteiger partial charge < -0.3 is 15.0 Å². The minimum atomic E-state index is -3.02. The smallest absolute Gasteiger partial charge is 0.387 e. The Labute approximate surface area is 152 Å². The highest BCUT2D eigenvalue weighted by molar-refractivity contribution is 7.91. The zero-order valence-electron chi connectivity index (χ0n) is 14.1. The van der Waals surface area contributed by atoms with Gasteiger partial charge in [-0.05, 0) is 48.8 Å². The molecule has 1 aromatic rings. The molecule has 0 spiro atoms. The molecule has 0 amide bonds. The summed E-state index contributed by atoms with van der Waals surface area (Å²) in [6.07, 6.45) is 0.554. The fraction of sp³-hybridized carbons (Fsp3) is 0.562. The van der Waals surface area contributed by atoms with Crippen LogP contribution in [0.3, 0.4) is 0 Å². The number of ether oxygens (including phenoxy) is 1. The lowest BCUT2D eigenvalue weighted by atomic mass is 10.1. The average Bonchev–Trinajstić information content (AvgIpc) is 2.86. The maximum atomic E-state index is 12.2. The standard InChI is InChI=1S/C16H22F2N2O3S2/c1-11(2)9-20(13-7-8-25(21,22)10-13)16(24)19-12-3-5-14(6-4-12)23-15(17)18/h3-6,11,13,15H,7-10H2,1-2H3,(H,19,24)/t13-/m1/s1. The van der Waals surface area contributed by atoms with Gasteiger partial charge in [-0.15, -0.1) is 0 Å². The van der Waals surface area contributed by atoms with E-state index < -0.39 is 16.4 Å². The molecule has 1 fully saturated rings. The molecule has 0 aromatic heterocycles. The highest BCUT2D eigenvalue weighted by atomic mass is 32.2. The average molecular weight is 392 g/mol. The SMILES string of the molecule is CC(C)CN(C(=S)Nc1ccc(OC(F)F)cc1)[C@@H]1CCS(=O)(=O)C1. The van der Waals surface area contributed by atoms with Crippen molar-refractivity contribution in [3.63, 3.8) is 0 Å². The van der Waals surface area contributed by atoms with Crippen molar-refractivity contribution in [1.82, 2.24) is 4.90 Å². The van der Waals surface area contributed by atoms with Crippen LogP contribution in [-0.4, -0.2) is 49.1 Å². The molecule has 25 heavy (non-hydrogen) atoms. The molecule has 140 valence electrons. The molecule has 0 aliphatic carbocycles. The summed E-state index contributed by atoms with van der Waals surface area (Å²) in [5.74, 6) is 0.648. The summed E-state index contributed by atoms with van der Waals surface area (Å²) in [6.45, 7) is 1.84. The first-order chi connectivity index (χ1) is 11.7. The van der Waals surface area contributed by atoms with Crippen molar-refractivity contribution in [1.29, 1.82) is 0 Å². The second-order valence-corrected chi connectivity index (χ2v) is 9.05. The summed E-state index contributed by atoms with van der Waals surface area (Å²) < 4.78 is 52.2. The van der Waals surface area contributed by atoms with E-state index in [1.165, 1.54) is 12.1 Å². The van der Waals surface area contributed by atoms with Crippen LogP contribution in [0.15, 0.2) is 24.3 Å². The van der Waals surface area contributed by atoms with Gasteiger partial charge in [0.1, 0.15) is 5.75 Å². The molecule has 1 aromatic carbocycles. The van der Waals surface area contributed by atoms with Gasteiger partial charge in [-0.25, -0.2) is 8.42 Å². The van der Waals surface area contributed by atoms with Gasteiger partial charge in [0.15, 0.2) is 14.9 Å². The molecule has 1 atom stereocenters. The van der Waals surface area contributed by atoms with Gasteiger partial charge in [0.2, 0.25) is 0 Å². The quantitative estimate of drug-likeness (QED) is 0.751. The molecule has 9 heteroatoms. The van der Waals surface area contributed by atoms with Gasteiger partial charge in [0, 0.05) is 18.3 Å². The van der Waals surface area contributed by atoms with Gasteiger partial charge in [-0.1, -0.05) is 13.8 Å². The molecular weight excluding hydrogens is 370 g/mol. The number of nitrogens with zero attached hydrogens (tertiary/aromatic N) is 1. The number of halogens is 2. The number of sulfone groups is 1. The largest absolute Gasteiger partial charge is 0.435 e. The van der Waals surface area contributed by atoms with Crippen molar-refractivity contribution in [3.05, 3.63) is 24.3 Å². The Morgan fingerprint density at radius 3 is 2.48 bits per heavy atom. The summed E-state index contributed by atoms with van der Waals surface area (Å²) in [7, 11) is -3.02. The van der Waals surface area contributed by atoms with Crippen LogP contribution in [0, 0.1) is 5.92 Å². The normalized spacial score (nSPS) is 19.2. The molecule has 5 nitrogen and oxygen atoms in total. The van der Waals surface area contributed by atoms with Crippen LogP contribution in [0.2, 0.25) is 0 Å². The second kappa shape index (κ2) is 8.27. The Balaban J connectivity index is 2.06. The van der Waals surface area contributed by atoms with Crippen molar-refractivity contribution < 1.29 is 21.9 Å². The fourth-order valence-corrected chi connectivity index (χ4v) is 4.80. The predicted molar refractivity (Wildman–Crippen MR) is 97.9 cm³/mol. The second-order valence-electron chi connectivity index (χ2n) is 6.44. The first-order valence-corrected chi connectivity index (χ1v) is 10.2. The van der Waals surface area contributed by atoms with Crippen molar-refractivity contribution >= 4 is 32.9 Å². The van der Waals surface area contributed by atoms with Gasteiger partial charge >= 0.3 is 6.61 Å². The molecule has 1 heterocycles. The summed E-state index contributed by atoms with van der Waals surface area (Å²) >= 11 is 5.46. The van der Waals surface area contributed by atoms with Crippen LogP contribution in [0.4, 0.5) is 14.5 Å². The van der Waals surface area contributed by atoms with Gasteiger partial charge in [0.25, 0.3) is 0 Å². The maximum absolute atomic E-state index is 12.2. The number of alkyl halides is 2. The molecule has 1 saturated heterocycles. The molecule has 2 rings (SSSR count). The third-order valence-electron chi connectivity index (χ3n) is 3.80. The van der Waals surface area contributed by atoms with E-state index in [0.29, 0.717) is 29.7 Å². The van der Waals surface area contributed by atoms with Gasteiger partial charge in [-0.2, -0.15) is 8.78 Å². The van der Waals surface area contributed by atoms with Crippen LogP contribution in [0.1, 0.15) is 20.3 Å². The third kappa shape index (κ3) is 6.07. The van der Waals surface area contributed by atoms with E-state index >= 15 is 0 Å². The number of benzene rings is 1. The van der Waals surface area contributed by atoms with E-state index in [-0.39, 0.29) is 23.3 Å². The van der Waals surface area contributed by atoms with E-state index in [2.05, 4.69) is 10.1 Å². The van der Waals surface area contributed by atoms with Crippen LogP contribution in [0.25, 0.3) is 0 Å². The Kier molecular flexibility index (Phi) is 6.56. The summed E-state index contributed by atoms with van der Waals surface area (Å²) in [5.41, 5.74) is 0.626. The van der Waals surface area contributed by atoms with E-state index in [9.17, 15) is 17.2 Å². The monoisotopic (exact) mass is 392 g/mol. The lowest BCUT2D eigenvalue weighted by Gasteiger charge is -2.32. The Morgan fingerprint density at radius 1 is 1.36 bits per heavy atom. The molecule has 0 radical (unpaired) electrons. The van der Waals surface area contributed by atoms with Crippen LogP contribution >= 0.6 is 12.2 Å². The van der Waals surface area contributed by atoms with Crippen LogP contribution in [0.5, 0.6) is 5.75 Å². The van der Waals surface area contributed by atoms with E-state index in [1.807, 2.05) is 18.7 Å². The number of hydrogen-bond acceptors (Lipinski definition) is 4. The first-order valence-electron chi connectivity index (χ1n) is 7.99. The summed E-state index contributed by atoms with van der Waals surface area (Å²) in [5, 5.41) is 3.48. The van der Waals surface area contributed by atoms with Crippen molar-refractivity contribution in [2.24, 2.45) is 5.92 Å². The van der Waals surface area contributed by atoms with E-state index in [4.69, 9.17) is 12.2 Å². The van der Waals surface area contributed by atoms with Crippen LogP contribution in [-0.2, 0) is 9.84 Å². The minimum absolute atomic E-state index is 0.0624. The molecular formula is C16H22F2N2O3S2. The minimum Gasteiger partial charge on any atom is -0.435 e. The van der Waals surface area contributed by atoms with E-state index in [0.717, 1.165) is 0 Å². The molecule has 0 bridgehead atoms. The highest BCUT2D eigenvalue weighted by Gasteiger charge is 2.33. The third-order valence-corrected chi connectivity index (χ3v) is 5.89. The molecule has 1 aliphatic rings. The summed E-state index contributed by atoms with van der Waals surface area (Å²) in [6, 6.07) is 5.87. The lowest BCUT2D eigenvalue weighted by molar-refractivity contribution is -0.0498. The zero-order valence-corrected chi connectivity index (χ0v) is 15.7. The van der Waals surface area contributed by atoms with Crippen molar-refractivity contribution in [3.8, 4) is 5.75 Å². The zero-order chi connectivity index (χ0) is 18.6. The number of hydrogen-bond donors (Lipinski definition) is 1. The molecule has 0 unspecified atom stereocenters. The highest BCUT2D eigenvalue weighted by Crippen LogP contribution is 2.22. The Bertz CT molecular complexity index is 694. The van der Waals surface area contributed by atoms with Crippen molar-refractivity contribution in [2.75, 3.05) is 23.4 Å². The van der Waals surface area contributed by atoms with Crippen LogP contribution < -0.4 is 10.1 Å². The maximum Gasteiger partial charge on any atom is 0.387 e. The predicted octanol–water partition coefficient (Wildman–Crippen LogP) is 3.13. The topological polar surface area (TPSA) is 58.6 Å². The lowest BCUT2D eigenvalue weighted by Crippen LogP contribution is -2.45. The number of nitrogens with one attached hydrogen (secondary N) is 1. The number of anilines is 1. The number of thiocarbonyl (C=S) groups is 1. The molecule has 1 aliphatic heterocycles. The molecule has 0 saturated carbocycles. The Hall–Kier alpha value is -1.48. The first kappa shape index (κ1) is 19.8. The van der Waals surface area contributed by atoms with E-state index in [1.54, 1.807) is 12.1 Å².